The zero-order valence-corrected chi connectivity index (χ0v) is 11.9. The molecule has 0 spiro atoms. The molecule has 0 saturated heterocycles. The SMILES string of the molecule is COC(C)CN(C)C(=O)c1ccc(-n2ccnc2)nc1. The van der Waals surface area contributed by atoms with E-state index in [2.05, 4.69) is 9.97 Å². The highest BCUT2D eigenvalue weighted by Crippen LogP contribution is 2.08. The lowest BCUT2D eigenvalue weighted by atomic mass is 10.2. The highest BCUT2D eigenvalue weighted by Gasteiger charge is 2.14. The molecule has 0 N–H and O–H groups in total. The first kappa shape index (κ1) is 14.2. The number of aromatic nitrogens is 3. The van der Waals surface area contributed by atoms with Crippen molar-refractivity contribution in [1.29, 1.82) is 0 Å². The molecule has 2 heterocycles. The van der Waals surface area contributed by atoms with E-state index < -0.39 is 0 Å². The lowest BCUT2D eigenvalue weighted by Gasteiger charge is -2.20. The Hall–Kier alpha value is -2.21. The lowest BCUT2D eigenvalue weighted by Crippen LogP contribution is -2.33. The first-order chi connectivity index (χ1) is 9.61. The average molecular weight is 274 g/mol. The summed E-state index contributed by atoms with van der Waals surface area (Å²) in [5, 5.41) is 0. The summed E-state index contributed by atoms with van der Waals surface area (Å²) < 4.78 is 6.94. The van der Waals surface area contributed by atoms with Gasteiger partial charge >= 0.3 is 0 Å². The monoisotopic (exact) mass is 274 g/mol. The largest absolute Gasteiger partial charge is 0.380 e. The number of imidazole rings is 1. The van der Waals surface area contributed by atoms with Crippen LogP contribution in [0.5, 0.6) is 0 Å². The Morgan fingerprint density at radius 3 is 2.85 bits per heavy atom. The van der Waals surface area contributed by atoms with Crippen LogP contribution < -0.4 is 0 Å². The first-order valence-corrected chi connectivity index (χ1v) is 6.34. The van der Waals surface area contributed by atoms with Gasteiger partial charge in [-0.15, -0.1) is 0 Å². The van der Waals surface area contributed by atoms with Crippen molar-refractivity contribution in [3.8, 4) is 5.82 Å². The topological polar surface area (TPSA) is 60.2 Å². The standard InChI is InChI=1S/C14H18N4O2/c1-11(20-3)9-17(2)14(19)12-4-5-13(16-8-12)18-7-6-15-10-18/h4-8,10-11H,9H2,1-3H3. The van der Waals surface area contributed by atoms with Crippen LogP contribution in [-0.4, -0.2) is 52.1 Å². The van der Waals surface area contributed by atoms with Gasteiger partial charge in [0.25, 0.3) is 5.91 Å². The molecule has 2 aromatic rings. The van der Waals surface area contributed by atoms with Crippen molar-refractivity contribution < 1.29 is 9.53 Å². The van der Waals surface area contributed by atoms with E-state index in [1.54, 1.807) is 60.7 Å². The van der Waals surface area contributed by atoms with Gasteiger partial charge in [0.05, 0.1) is 11.7 Å². The fourth-order valence-electron chi connectivity index (χ4n) is 1.82. The number of carbonyl (C=O) groups excluding carboxylic acids is 1. The van der Waals surface area contributed by atoms with Gasteiger partial charge in [-0.25, -0.2) is 9.97 Å². The highest BCUT2D eigenvalue weighted by molar-refractivity contribution is 5.93. The maximum atomic E-state index is 12.2. The molecular weight excluding hydrogens is 256 g/mol. The van der Waals surface area contributed by atoms with Crippen LogP contribution in [0.15, 0.2) is 37.1 Å². The van der Waals surface area contributed by atoms with E-state index in [9.17, 15) is 4.79 Å². The summed E-state index contributed by atoms with van der Waals surface area (Å²) in [4.78, 5) is 22.1. The van der Waals surface area contributed by atoms with Crippen LogP contribution >= 0.6 is 0 Å². The quantitative estimate of drug-likeness (QED) is 0.826. The summed E-state index contributed by atoms with van der Waals surface area (Å²) in [6, 6.07) is 3.56. The number of ether oxygens (including phenoxy) is 1. The maximum Gasteiger partial charge on any atom is 0.255 e. The van der Waals surface area contributed by atoms with Crippen molar-refractivity contribution in [2.24, 2.45) is 0 Å². The van der Waals surface area contributed by atoms with Gasteiger partial charge in [0.2, 0.25) is 0 Å². The fraction of sp³-hybridized carbons (Fsp3) is 0.357. The Labute approximate surface area is 118 Å². The lowest BCUT2D eigenvalue weighted by molar-refractivity contribution is 0.0599. The molecule has 1 atom stereocenters. The molecule has 106 valence electrons. The second-order valence-electron chi connectivity index (χ2n) is 4.61. The second-order valence-corrected chi connectivity index (χ2v) is 4.61. The number of hydrogen-bond donors (Lipinski definition) is 0. The van der Waals surface area contributed by atoms with Gasteiger partial charge < -0.3 is 9.64 Å². The molecule has 0 saturated carbocycles. The Morgan fingerprint density at radius 2 is 2.30 bits per heavy atom. The molecule has 2 rings (SSSR count). The third-order valence-electron chi connectivity index (χ3n) is 3.04. The van der Waals surface area contributed by atoms with E-state index >= 15 is 0 Å². The van der Waals surface area contributed by atoms with Gasteiger partial charge in [-0.1, -0.05) is 0 Å². The van der Waals surface area contributed by atoms with Gasteiger partial charge in [0, 0.05) is 39.3 Å². The zero-order chi connectivity index (χ0) is 14.5. The number of amides is 1. The van der Waals surface area contributed by atoms with Gasteiger partial charge in [-0.05, 0) is 19.1 Å². The van der Waals surface area contributed by atoms with Crippen molar-refractivity contribution in [1.82, 2.24) is 19.4 Å². The average Bonchev–Trinajstić information content (AvgIpc) is 3.00. The van der Waals surface area contributed by atoms with Crippen LogP contribution in [0.4, 0.5) is 0 Å². The highest BCUT2D eigenvalue weighted by atomic mass is 16.5. The molecule has 0 aliphatic heterocycles. The summed E-state index contributed by atoms with van der Waals surface area (Å²) in [6.07, 6.45) is 6.72. The van der Waals surface area contributed by atoms with Crippen LogP contribution in [0, 0.1) is 0 Å². The number of nitrogens with zero attached hydrogens (tertiary/aromatic N) is 4. The van der Waals surface area contributed by atoms with Crippen LogP contribution in [0.1, 0.15) is 17.3 Å². The van der Waals surface area contributed by atoms with Crippen molar-refractivity contribution in [3.05, 3.63) is 42.6 Å². The van der Waals surface area contributed by atoms with Gasteiger partial charge in [0.1, 0.15) is 12.1 Å². The number of carbonyl (C=O) groups is 1. The number of likely N-dealkylation sites (N-methyl/N-ethyl adjacent to an activating group) is 1. The van der Waals surface area contributed by atoms with E-state index in [1.807, 2.05) is 6.92 Å². The van der Waals surface area contributed by atoms with Crippen molar-refractivity contribution in [2.45, 2.75) is 13.0 Å². The Balaban J connectivity index is 2.08. The number of methoxy groups -OCH3 is 1. The van der Waals surface area contributed by atoms with E-state index in [4.69, 9.17) is 4.74 Å². The molecule has 1 amide bonds. The number of rotatable bonds is 5. The third kappa shape index (κ3) is 3.21. The molecule has 6 heteroatoms. The van der Waals surface area contributed by atoms with E-state index in [1.165, 1.54) is 0 Å². The maximum absolute atomic E-state index is 12.2. The molecule has 0 fully saturated rings. The van der Waals surface area contributed by atoms with E-state index in [0.29, 0.717) is 12.1 Å². The van der Waals surface area contributed by atoms with Crippen molar-refractivity contribution in [3.63, 3.8) is 0 Å². The molecule has 2 aromatic heterocycles. The number of pyridine rings is 1. The molecular formula is C14H18N4O2. The van der Waals surface area contributed by atoms with Crippen LogP contribution in [-0.2, 0) is 4.74 Å². The summed E-state index contributed by atoms with van der Waals surface area (Å²) >= 11 is 0. The van der Waals surface area contributed by atoms with E-state index in [-0.39, 0.29) is 12.0 Å². The minimum atomic E-state index is -0.0708. The Bertz CT molecular complexity index is 551. The molecule has 0 aliphatic rings. The zero-order valence-electron chi connectivity index (χ0n) is 11.9. The molecule has 6 nitrogen and oxygen atoms in total. The summed E-state index contributed by atoms with van der Waals surface area (Å²) in [6.45, 7) is 2.46. The smallest absolute Gasteiger partial charge is 0.255 e. The van der Waals surface area contributed by atoms with Crippen molar-refractivity contribution in [2.75, 3.05) is 20.7 Å². The minimum absolute atomic E-state index is 0.00197. The normalized spacial score (nSPS) is 12.2. The first-order valence-electron chi connectivity index (χ1n) is 6.34. The van der Waals surface area contributed by atoms with E-state index in [0.717, 1.165) is 5.82 Å². The van der Waals surface area contributed by atoms with Crippen LogP contribution in [0.3, 0.4) is 0 Å². The summed E-state index contributed by atoms with van der Waals surface area (Å²) in [7, 11) is 3.38. The summed E-state index contributed by atoms with van der Waals surface area (Å²) in [5.41, 5.74) is 0.555. The Morgan fingerprint density at radius 1 is 1.50 bits per heavy atom. The fourth-order valence-corrected chi connectivity index (χ4v) is 1.82. The summed E-state index contributed by atoms with van der Waals surface area (Å²) in [5.74, 6) is 0.658. The minimum Gasteiger partial charge on any atom is -0.380 e. The Kier molecular flexibility index (Phi) is 4.47. The van der Waals surface area contributed by atoms with Gasteiger partial charge in [-0.3, -0.25) is 9.36 Å². The predicted molar refractivity (Wildman–Crippen MR) is 74.8 cm³/mol. The number of hydrogen-bond acceptors (Lipinski definition) is 4. The molecule has 1 unspecified atom stereocenters. The molecule has 0 aliphatic carbocycles. The van der Waals surface area contributed by atoms with Crippen LogP contribution in [0.25, 0.3) is 5.82 Å². The molecule has 20 heavy (non-hydrogen) atoms. The van der Waals surface area contributed by atoms with Crippen LogP contribution in [0.2, 0.25) is 0 Å². The molecule has 0 bridgehead atoms. The second kappa shape index (κ2) is 6.29. The molecule has 0 aromatic carbocycles. The molecule has 0 radical (unpaired) electrons. The van der Waals surface area contributed by atoms with Gasteiger partial charge in [-0.2, -0.15) is 0 Å². The third-order valence-corrected chi connectivity index (χ3v) is 3.04. The van der Waals surface area contributed by atoms with Gasteiger partial charge in [0.15, 0.2) is 0 Å². The predicted octanol–water partition coefficient (Wildman–Crippen LogP) is 1.37. The van der Waals surface area contributed by atoms with Crippen molar-refractivity contribution >= 4 is 5.91 Å².